The van der Waals surface area contributed by atoms with Crippen LogP contribution in [0.25, 0.3) is 11.1 Å². The Kier molecular flexibility index (Phi) is 8.69. The molecule has 0 bridgehead atoms. The van der Waals surface area contributed by atoms with Gasteiger partial charge < -0.3 is 20.1 Å². The fraction of sp³-hybridized carbons (Fsp3) is 0.364. The summed E-state index contributed by atoms with van der Waals surface area (Å²) >= 11 is 0. The fourth-order valence-electron chi connectivity index (χ4n) is 6.14. The van der Waals surface area contributed by atoms with Crippen molar-refractivity contribution in [2.45, 2.75) is 44.2 Å². The molecule has 1 aliphatic heterocycles. The van der Waals surface area contributed by atoms with Gasteiger partial charge in [0.25, 0.3) is 0 Å². The maximum atomic E-state index is 13.9. The molecular formula is C33H37N3O5. The minimum absolute atomic E-state index is 0.101. The molecule has 2 aliphatic rings. The minimum atomic E-state index is -1.24. The number of rotatable bonds is 10. The highest BCUT2D eigenvalue weighted by molar-refractivity contribution is 5.92. The Bertz CT molecular complexity index is 1340. The Labute approximate surface area is 240 Å². The lowest BCUT2D eigenvalue weighted by molar-refractivity contribution is -0.148. The number of carboxylic acid groups (broad SMARTS) is 1. The molecule has 0 saturated carbocycles. The second kappa shape index (κ2) is 12.6. The number of ether oxygens (including phenoxy) is 1. The predicted molar refractivity (Wildman–Crippen MR) is 156 cm³/mol. The third kappa shape index (κ3) is 6.28. The van der Waals surface area contributed by atoms with E-state index in [1.165, 1.54) is 10.5 Å². The molecule has 0 atom stereocenters. The van der Waals surface area contributed by atoms with Crippen molar-refractivity contribution in [2.75, 3.05) is 32.8 Å². The molecule has 8 heteroatoms. The number of hydrogen-bond acceptors (Lipinski definition) is 5. The smallest absolute Gasteiger partial charge is 0.408 e. The number of carbonyl (C=O) groups excluding carboxylic acids is 2. The van der Waals surface area contributed by atoms with Gasteiger partial charge in [-0.05, 0) is 47.1 Å². The van der Waals surface area contributed by atoms with Crippen LogP contribution in [-0.2, 0) is 20.9 Å². The van der Waals surface area contributed by atoms with E-state index in [9.17, 15) is 19.5 Å². The molecule has 0 spiro atoms. The first kappa shape index (κ1) is 28.4. The van der Waals surface area contributed by atoms with Crippen molar-refractivity contribution in [3.8, 4) is 11.1 Å². The van der Waals surface area contributed by atoms with Gasteiger partial charge in [0.15, 0.2) is 0 Å². The van der Waals surface area contributed by atoms with E-state index in [0.717, 1.165) is 28.8 Å². The molecule has 214 valence electrons. The van der Waals surface area contributed by atoms with Crippen LogP contribution >= 0.6 is 0 Å². The monoisotopic (exact) mass is 555 g/mol. The second-order valence-corrected chi connectivity index (χ2v) is 10.9. The van der Waals surface area contributed by atoms with Gasteiger partial charge in [-0.15, -0.1) is 0 Å². The minimum Gasteiger partial charge on any atom is -0.480 e. The molecule has 2 amide bonds. The van der Waals surface area contributed by atoms with E-state index in [4.69, 9.17) is 4.74 Å². The number of amides is 2. The number of nitrogens with zero attached hydrogens (tertiary/aromatic N) is 2. The highest BCUT2D eigenvalue weighted by atomic mass is 16.5. The molecule has 1 heterocycles. The van der Waals surface area contributed by atoms with Gasteiger partial charge in [0, 0.05) is 32.1 Å². The van der Waals surface area contributed by atoms with Gasteiger partial charge in [0.05, 0.1) is 0 Å². The normalized spacial score (nSPS) is 15.9. The molecule has 0 aromatic heterocycles. The van der Waals surface area contributed by atoms with Crippen LogP contribution in [-0.4, -0.2) is 71.2 Å². The first-order valence-corrected chi connectivity index (χ1v) is 14.3. The van der Waals surface area contributed by atoms with Crippen LogP contribution in [0.4, 0.5) is 4.79 Å². The molecule has 0 unspecified atom stereocenters. The average Bonchev–Trinajstić information content (AvgIpc) is 3.30. The number of carboxylic acids is 1. The summed E-state index contributed by atoms with van der Waals surface area (Å²) in [6, 6.07) is 26.4. The summed E-state index contributed by atoms with van der Waals surface area (Å²) in [5.41, 5.74) is 4.43. The van der Waals surface area contributed by atoms with Gasteiger partial charge in [-0.3, -0.25) is 14.5 Å². The highest BCUT2D eigenvalue weighted by Crippen LogP contribution is 2.44. The van der Waals surface area contributed by atoms with Crippen molar-refractivity contribution >= 4 is 18.0 Å². The summed E-state index contributed by atoms with van der Waals surface area (Å²) in [5.74, 6) is -1.55. The Morgan fingerprint density at radius 2 is 1.51 bits per heavy atom. The molecule has 1 saturated heterocycles. The van der Waals surface area contributed by atoms with Crippen LogP contribution in [0.15, 0.2) is 78.9 Å². The summed E-state index contributed by atoms with van der Waals surface area (Å²) in [6.07, 6.45) is 0.675. The van der Waals surface area contributed by atoms with Crippen molar-refractivity contribution in [1.29, 1.82) is 0 Å². The molecule has 5 rings (SSSR count). The van der Waals surface area contributed by atoms with Gasteiger partial charge in [0.1, 0.15) is 18.7 Å². The number of nitrogens with one attached hydrogen (secondary N) is 1. The Morgan fingerprint density at radius 3 is 2.10 bits per heavy atom. The molecule has 3 aromatic carbocycles. The Balaban J connectivity index is 1.31. The lowest BCUT2D eigenvalue weighted by Crippen LogP contribution is -2.64. The van der Waals surface area contributed by atoms with Crippen LogP contribution in [0.5, 0.6) is 0 Å². The lowest BCUT2D eigenvalue weighted by Gasteiger charge is -2.43. The Hall–Kier alpha value is -4.17. The second-order valence-electron chi connectivity index (χ2n) is 10.9. The van der Waals surface area contributed by atoms with E-state index in [-0.39, 0.29) is 18.4 Å². The van der Waals surface area contributed by atoms with Gasteiger partial charge >= 0.3 is 12.1 Å². The van der Waals surface area contributed by atoms with Crippen LogP contribution in [0.2, 0.25) is 0 Å². The average molecular weight is 556 g/mol. The number of aliphatic carboxylic acids is 1. The van der Waals surface area contributed by atoms with Crippen LogP contribution in [0.3, 0.4) is 0 Å². The summed E-state index contributed by atoms with van der Waals surface area (Å²) in [5, 5.41) is 12.4. The lowest BCUT2D eigenvalue weighted by atomic mass is 9.85. The zero-order valence-electron chi connectivity index (χ0n) is 23.4. The van der Waals surface area contributed by atoms with Crippen molar-refractivity contribution in [2.24, 2.45) is 0 Å². The van der Waals surface area contributed by atoms with Crippen LogP contribution < -0.4 is 5.32 Å². The number of piperidine rings is 1. The first-order valence-electron chi connectivity index (χ1n) is 14.3. The van der Waals surface area contributed by atoms with E-state index in [2.05, 4.69) is 46.6 Å². The number of hydrogen-bond donors (Lipinski definition) is 2. The molecule has 1 fully saturated rings. The van der Waals surface area contributed by atoms with Crippen molar-refractivity contribution in [3.05, 3.63) is 95.6 Å². The summed E-state index contributed by atoms with van der Waals surface area (Å²) in [6.45, 7) is 3.83. The maximum absolute atomic E-state index is 13.9. The number of carbonyl (C=O) groups is 3. The highest BCUT2D eigenvalue weighted by Gasteiger charge is 2.46. The van der Waals surface area contributed by atoms with E-state index < -0.39 is 24.1 Å². The van der Waals surface area contributed by atoms with Gasteiger partial charge in [0.2, 0.25) is 5.91 Å². The standard InChI is InChI=1S/C33H37N3O5/c1-2-18-36(22-30(37)38)31(39)33(16-19-35(20-17-33)21-24-10-4-3-5-11-24)34-32(40)41-23-29-27-14-8-6-12-25(27)26-13-7-9-15-28(26)29/h3-15,29H,2,16-23H2,1H3,(H,34,40)(H,37,38). The summed E-state index contributed by atoms with van der Waals surface area (Å²) in [7, 11) is 0. The molecular weight excluding hydrogens is 518 g/mol. The topological polar surface area (TPSA) is 99.2 Å². The Morgan fingerprint density at radius 1 is 0.927 bits per heavy atom. The molecule has 0 radical (unpaired) electrons. The number of fused-ring (bicyclic) bond motifs is 3. The van der Waals surface area contributed by atoms with E-state index in [0.29, 0.717) is 38.9 Å². The van der Waals surface area contributed by atoms with Crippen molar-refractivity contribution in [1.82, 2.24) is 15.1 Å². The van der Waals surface area contributed by atoms with Gasteiger partial charge in [-0.2, -0.15) is 0 Å². The van der Waals surface area contributed by atoms with E-state index in [1.54, 1.807) is 0 Å². The number of alkyl carbamates (subject to hydrolysis) is 1. The van der Waals surface area contributed by atoms with E-state index >= 15 is 0 Å². The van der Waals surface area contributed by atoms with Crippen LogP contribution in [0, 0.1) is 0 Å². The third-order valence-corrected chi connectivity index (χ3v) is 8.16. The maximum Gasteiger partial charge on any atom is 0.408 e. The molecule has 1 aliphatic carbocycles. The molecule has 2 N–H and O–H groups in total. The zero-order valence-corrected chi connectivity index (χ0v) is 23.4. The predicted octanol–water partition coefficient (Wildman–Crippen LogP) is 4.88. The third-order valence-electron chi connectivity index (χ3n) is 8.16. The SMILES string of the molecule is CCCN(CC(=O)O)C(=O)C1(NC(=O)OCC2c3ccccc3-c3ccccc32)CCN(Cc2ccccc2)CC1. The van der Waals surface area contributed by atoms with Gasteiger partial charge in [-0.25, -0.2) is 4.79 Å². The van der Waals surface area contributed by atoms with Gasteiger partial charge in [-0.1, -0.05) is 85.8 Å². The van der Waals surface area contributed by atoms with E-state index in [1.807, 2.05) is 49.4 Å². The van der Waals surface area contributed by atoms with Crippen LogP contribution in [0.1, 0.15) is 48.8 Å². The van der Waals surface area contributed by atoms with Crippen molar-refractivity contribution in [3.63, 3.8) is 0 Å². The number of benzene rings is 3. The van der Waals surface area contributed by atoms with Crippen molar-refractivity contribution < 1.29 is 24.2 Å². The number of likely N-dealkylation sites (tertiary alicyclic amines) is 1. The summed E-state index contributed by atoms with van der Waals surface area (Å²) in [4.78, 5) is 42.4. The fourth-order valence-corrected chi connectivity index (χ4v) is 6.14. The molecule has 41 heavy (non-hydrogen) atoms. The largest absolute Gasteiger partial charge is 0.480 e. The first-order chi connectivity index (χ1) is 19.9. The quantitative estimate of drug-likeness (QED) is 0.370. The molecule has 3 aromatic rings. The zero-order chi connectivity index (χ0) is 28.8. The summed E-state index contributed by atoms with van der Waals surface area (Å²) < 4.78 is 5.81. The molecule has 8 nitrogen and oxygen atoms in total.